The summed E-state index contributed by atoms with van der Waals surface area (Å²) in [7, 11) is 0.587. The number of allylic oxidation sites excluding steroid dienone is 1. The molecule has 0 aromatic heterocycles. The van der Waals surface area contributed by atoms with Gasteiger partial charge in [-0.1, -0.05) is 58.2 Å². The first kappa shape index (κ1) is 16.0. The minimum absolute atomic E-state index is 0.766. The molecule has 94 valence electrons. The zero-order valence-electron chi connectivity index (χ0n) is 12.3. The molecule has 0 aliphatic rings. The van der Waals surface area contributed by atoms with Crippen LogP contribution < -0.4 is 0 Å². The molecule has 0 unspecified atom stereocenters. The molecule has 0 radical (unpaired) electrons. The number of hydrogen-bond acceptors (Lipinski definition) is 1. The van der Waals surface area contributed by atoms with Crippen molar-refractivity contribution in [3.63, 3.8) is 0 Å². The van der Waals surface area contributed by atoms with Gasteiger partial charge < -0.3 is 4.74 Å². The van der Waals surface area contributed by atoms with Crippen LogP contribution in [0.3, 0.4) is 0 Å². The summed E-state index contributed by atoms with van der Waals surface area (Å²) in [5.74, 6) is 0. The summed E-state index contributed by atoms with van der Waals surface area (Å²) in [6, 6.07) is 0. The molecule has 0 bridgehead atoms. The summed E-state index contributed by atoms with van der Waals surface area (Å²) in [6.45, 7) is 15.8. The molecule has 3 heteroatoms. The minimum atomic E-state index is -1.23. The van der Waals surface area contributed by atoms with Crippen LogP contribution in [0.15, 0.2) is 10.7 Å². The van der Waals surface area contributed by atoms with Crippen molar-refractivity contribution in [1.82, 2.24) is 0 Å². The first-order valence-electron chi connectivity index (χ1n) is 6.63. The second-order valence-corrected chi connectivity index (χ2v) is 10.7. The average molecular weight is 240 g/mol. The summed E-state index contributed by atoms with van der Waals surface area (Å²) in [4.78, 5) is 0. The Morgan fingerprint density at radius 2 is 1.56 bits per heavy atom. The van der Waals surface area contributed by atoms with Gasteiger partial charge in [-0.25, -0.2) is 0 Å². The van der Waals surface area contributed by atoms with Crippen molar-refractivity contribution in [2.75, 3.05) is 13.7 Å². The fraction of sp³-hybridized carbons (Fsp3) is 0.846. The molecule has 0 aliphatic carbocycles. The van der Waals surface area contributed by atoms with Crippen LogP contribution in [0.2, 0.25) is 32.3 Å². The van der Waals surface area contributed by atoms with Crippen LogP contribution >= 0.6 is 0 Å². The predicted molar refractivity (Wildman–Crippen MR) is 79.3 cm³/mol. The number of rotatable bonds is 7. The summed E-state index contributed by atoms with van der Waals surface area (Å²) in [6.07, 6.45) is 3.71. The molecule has 0 fully saturated rings. The van der Waals surface area contributed by atoms with E-state index in [1.54, 1.807) is 10.7 Å². The summed E-state index contributed by atoms with van der Waals surface area (Å²) >= 11 is 0. The van der Waals surface area contributed by atoms with E-state index in [0.29, 0.717) is 0 Å². The molecule has 16 heavy (non-hydrogen) atoms. The number of methoxy groups -OCH3 is 1. The molecule has 0 amide bonds. The molecule has 0 spiro atoms. The van der Waals surface area contributed by atoms with Crippen LogP contribution in [0.1, 0.15) is 27.2 Å². The van der Waals surface area contributed by atoms with Crippen molar-refractivity contribution >= 4 is 14.8 Å². The highest BCUT2D eigenvalue weighted by Crippen LogP contribution is 2.25. The zero-order chi connectivity index (χ0) is 12.8. The molecular formula is C13H29BOSi. The monoisotopic (exact) mass is 240 g/mol. The molecule has 0 atom stereocenters. The summed E-state index contributed by atoms with van der Waals surface area (Å²) in [5.41, 5.74) is 1.69. The Morgan fingerprint density at radius 3 is 1.81 bits per heavy atom. The lowest BCUT2D eigenvalue weighted by atomic mass is 9.40. The SMILES string of the molecule is CCB(CC)/C(CC)=C(/COC)[Si](C)(C)C. The minimum Gasteiger partial charge on any atom is -0.381 e. The maximum Gasteiger partial charge on any atom is 0.169 e. The molecular weight excluding hydrogens is 211 g/mol. The Kier molecular flexibility index (Phi) is 7.33. The second kappa shape index (κ2) is 7.34. The van der Waals surface area contributed by atoms with Gasteiger partial charge in [0.2, 0.25) is 0 Å². The third-order valence-electron chi connectivity index (χ3n) is 3.44. The van der Waals surface area contributed by atoms with E-state index in [0.717, 1.165) is 13.3 Å². The highest BCUT2D eigenvalue weighted by Gasteiger charge is 2.26. The van der Waals surface area contributed by atoms with Crippen LogP contribution in [0, 0.1) is 0 Å². The van der Waals surface area contributed by atoms with Gasteiger partial charge >= 0.3 is 0 Å². The van der Waals surface area contributed by atoms with E-state index in [2.05, 4.69) is 40.4 Å². The van der Waals surface area contributed by atoms with E-state index < -0.39 is 8.07 Å². The molecule has 0 aliphatic heterocycles. The van der Waals surface area contributed by atoms with Gasteiger partial charge in [-0.05, 0) is 6.42 Å². The van der Waals surface area contributed by atoms with Gasteiger partial charge in [0.05, 0.1) is 14.7 Å². The van der Waals surface area contributed by atoms with Crippen molar-refractivity contribution in [2.24, 2.45) is 0 Å². The average Bonchev–Trinajstić information content (AvgIpc) is 2.21. The topological polar surface area (TPSA) is 9.23 Å². The normalized spacial score (nSPS) is 13.7. The second-order valence-electron chi connectivity index (χ2n) is 5.55. The maximum atomic E-state index is 5.43. The van der Waals surface area contributed by atoms with Gasteiger partial charge in [0.15, 0.2) is 6.71 Å². The lowest BCUT2D eigenvalue weighted by molar-refractivity contribution is 0.229. The van der Waals surface area contributed by atoms with Crippen LogP contribution in [0.4, 0.5) is 0 Å². The fourth-order valence-corrected chi connectivity index (χ4v) is 4.39. The highest BCUT2D eigenvalue weighted by molar-refractivity contribution is 6.85. The standard InChI is InChI=1S/C13H29BOSi/c1-8-12(14(9-2)10-3)13(11-15-4)16(5,6)7/h8-11H2,1-7H3/b13-12-. The lowest BCUT2D eigenvalue weighted by Crippen LogP contribution is -2.32. The molecule has 0 heterocycles. The van der Waals surface area contributed by atoms with Gasteiger partial charge in [-0.3, -0.25) is 0 Å². The van der Waals surface area contributed by atoms with E-state index >= 15 is 0 Å². The zero-order valence-corrected chi connectivity index (χ0v) is 13.3. The van der Waals surface area contributed by atoms with E-state index in [1.807, 2.05) is 7.11 Å². The van der Waals surface area contributed by atoms with Crippen molar-refractivity contribution in [1.29, 1.82) is 0 Å². The summed E-state index contributed by atoms with van der Waals surface area (Å²) < 4.78 is 5.43. The predicted octanol–water partition coefficient (Wildman–Crippen LogP) is 4.29. The van der Waals surface area contributed by atoms with Gasteiger partial charge in [0.25, 0.3) is 0 Å². The van der Waals surface area contributed by atoms with Gasteiger partial charge in [0, 0.05) is 7.11 Å². The molecule has 0 saturated carbocycles. The first-order valence-corrected chi connectivity index (χ1v) is 10.1. The Labute approximate surface area is 104 Å². The molecule has 0 saturated heterocycles. The van der Waals surface area contributed by atoms with Crippen molar-refractivity contribution in [3.8, 4) is 0 Å². The van der Waals surface area contributed by atoms with Crippen LogP contribution in [-0.2, 0) is 4.74 Å². The van der Waals surface area contributed by atoms with E-state index in [9.17, 15) is 0 Å². The van der Waals surface area contributed by atoms with Gasteiger partial charge in [-0.15, -0.1) is 5.47 Å². The number of ether oxygens (including phenoxy) is 1. The van der Waals surface area contributed by atoms with Gasteiger partial charge in [0.1, 0.15) is 0 Å². The lowest BCUT2D eigenvalue weighted by Gasteiger charge is -2.27. The number of hydrogen-bond donors (Lipinski definition) is 0. The van der Waals surface area contributed by atoms with Gasteiger partial charge in [-0.2, -0.15) is 0 Å². The van der Waals surface area contributed by atoms with E-state index in [1.165, 1.54) is 19.1 Å². The third kappa shape index (κ3) is 4.46. The Morgan fingerprint density at radius 1 is 1.06 bits per heavy atom. The van der Waals surface area contributed by atoms with E-state index in [4.69, 9.17) is 4.74 Å². The van der Waals surface area contributed by atoms with E-state index in [-0.39, 0.29) is 0 Å². The van der Waals surface area contributed by atoms with Crippen molar-refractivity contribution < 1.29 is 4.74 Å². The van der Waals surface area contributed by atoms with Crippen LogP contribution in [0.25, 0.3) is 0 Å². The third-order valence-corrected chi connectivity index (χ3v) is 5.72. The summed E-state index contributed by atoms with van der Waals surface area (Å²) in [5, 5.41) is 1.64. The Hall–Kier alpha value is -0.0182. The molecule has 0 aromatic rings. The Balaban J connectivity index is 5.30. The molecule has 0 rings (SSSR count). The first-order chi connectivity index (χ1) is 7.42. The van der Waals surface area contributed by atoms with Crippen molar-refractivity contribution in [3.05, 3.63) is 10.7 Å². The smallest absolute Gasteiger partial charge is 0.169 e. The van der Waals surface area contributed by atoms with Crippen LogP contribution in [-0.4, -0.2) is 28.5 Å². The molecule has 0 aromatic carbocycles. The Bertz CT molecular complexity index is 227. The van der Waals surface area contributed by atoms with Crippen molar-refractivity contribution in [2.45, 2.75) is 59.5 Å². The highest BCUT2D eigenvalue weighted by atomic mass is 28.3. The maximum absolute atomic E-state index is 5.43. The van der Waals surface area contributed by atoms with Crippen LogP contribution in [0.5, 0.6) is 0 Å². The largest absolute Gasteiger partial charge is 0.381 e. The fourth-order valence-electron chi connectivity index (χ4n) is 2.47. The molecule has 1 nitrogen and oxygen atoms in total. The molecule has 0 N–H and O–H groups in total. The quantitative estimate of drug-likeness (QED) is 0.603.